The van der Waals surface area contributed by atoms with Gasteiger partial charge in [0, 0.05) is 12.0 Å². The quantitative estimate of drug-likeness (QED) is 0.815. The first-order chi connectivity index (χ1) is 8.27. The molecule has 104 valence electrons. The zero-order valence-electron chi connectivity index (χ0n) is 11.7. The topological polar surface area (TPSA) is 58.6 Å². The highest BCUT2D eigenvalue weighted by molar-refractivity contribution is 5.67. The highest BCUT2D eigenvalue weighted by Crippen LogP contribution is 2.56. The molecule has 0 atom stereocenters. The van der Waals surface area contributed by atoms with Crippen molar-refractivity contribution in [1.82, 2.24) is 5.32 Å². The van der Waals surface area contributed by atoms with E-state index in [1.165, 1.54) is 0 Å². The maximum absolute atomic E-state index is 11.7. The highest BCUT2D eigenvalue weighted by Gasteiger charge is 2.56. The summed E-state index contributed by atoms with van der Waals surface area (Å²) in [5.41, 5.74) is -1.10. The van der Waals surface area contributed by atoms with Crippen LogP contribution < -0.4 is 5.32 Å². The van der Waals surface area contributed by atoms with Gasteiger partial charge in [-0.05, 0) is 52.9 Å². The SMILES string of the molecule is CC(C)(C)OC(=O)NCC1(C2(O)CCC2)CCC1. The second kappa shape index (κ2) is 4.41. The van der Waals surface area contributed by atoms with Crippen LogP contribution in [-0.4, -0.2) is 28.9 Å². The lowest BCUT2D eigenvalue weighted by Crippen LogP contribution is -2.61. The van der Waals surface area contributed by atoms with E-state index < -0.39 is 11.2 Å². The fourth-order valence-corrected chi connectivity index (χ4v) is 3.01. The summed E-state index contributed by atoms with van der Waals surface area (Å²) in [5, 5.41) is 13.4. The van der Waals surface area contributed by atoms with E-state index in [2.05, 4.69) is 5.32 Å². The number of amides is 1. The van der Waals surface area contributed by atoms with E-state index >= 15 is 0 Å². The Morgan fingerprint density at radius 3 is 2.11 bits per heavy atom. The minimum Gasteiger partial charge on any atom is -0.444 e. The summed E-state index contributed by atoms with van der Waals surface area (Å²) in [6.45, 7) is 6.10. The minimum absolute atomic E-state index is 0.0951. The largest absolute Gasteiger partial charge is 0.444 e. The van der Waals surface area contributed by atoms with E-state index in [1.807, 2.05) is 20.8 Å². The summed E-state index contributed by atoms with van der Waals surface area (Å²) in [7, 11) is 0. The van der Waals surface area contributed by atoms with Crippen molar-refractivity contribution in [3.8, 4) is 0 Å². The number of hydrogen-bond acceptors (Lipinski definition) is 3. The van der Waals surface area contributed by atoms with Gasteiger partial charge < -0.3 is 15.2 Å². The summed E-state index contributed by atoms with van der Waals surface area (Å²) < 4.78 is 5.23. The summed E-state index contributed by atoms with van der Waals surface area (Å²) in [5.74, 6) is 0. The van der Waals surface area contributed by atoms with Crippen molar-refractivity contribution in [1.29, 1.82) is 0 Å². The zero-order valence-corrected chi connectivity index (χ0v) is 11.7. The molecule has 2 aliphatic carbocycles. The molecular formula is C14H25NO3. The second-order valence-corrected chi connectivity index (χ2v) is 6.87. The number of carbonyl (C=O) groups is 1. The smallest absolute Gasteiger partial charge is 0.407 e. The van der Waals surface area contributed by atoms with E-state index in [-0.39, 0.29) is 11.5 Å². The Labute approximate surface area is 109 Å². The third kappa shape index (κ3) is 2.48. The van der Waals surface area contributed by atoms with Crippen molar-refractivity contribution in [2.45, 2.75) is 70.5 Å². The van der Waals surface area contributed by atoms with Gasteiger partial charge in [-0.25, -0.2) is 4.79 Å². The number of hydrogen-bond donors (Lipinski definition) is 2. The molecule has 0 radical (unpaired) electrons. The molecule has 4 nitrogen and oxygen atoms in total. The molecule has 4 heteroatoms. The Balaban J connectivity index is 1.86. The van der Waals surface area contributed by atoms with Gasteiger partial charge >= 0.3 is 6.09 Å². The van der Waals surface area contributed by atoms with Crippen LogP contribution in [0.5, 0.6) is 0 Å². The van der Waals surface area contributed by atoms with Crippen molar-refractivity contribution in [3.63, 3.8) is 0 Å². The van der Waals surface area contributed by atoms with Gasteiger partial charge in [-0.15, -0.1) is 0 Å². The van der Waals surface area contributed by atoms with Gasteiger partial charge in [0.05, 0.1) is 5.60 Å². The standard InChI is InChI=1S/C14H25NO3/c1-12(2,3)18-11(16)15-10-13(6-4-7-13)14(17)8-5-9-14/h17H,4-10H2,1-3H3,(H,15,16). The van der Waals surface area contributed by atoms with Crippen molar-refractivity contribution in [3.05, 3.63) is 0 Å². The number of rotatable bonds is 3. The molecule has 0 aliphatic heterocycles. The van der Waals surface area contributed by atoms with Crippen LogP contribution in [0, 0.1) is 5.41 Å². The normalized spacial score (nSPS) is 24.7. The molecule has 0 unspecified atom stereocenters. The van der Waals surface area contributed by atoms with Gasteiger partial charge in [0.15, 0.2) is 0 Å². The Morgan fingerprint density at radius 2 is 1.78 bits per heavy atom. The molecule has 2 aliphatic rings. The monoisotopic (exact) mass is 255 g/mol. The second-order valence-electron chi connectivity index (χ2n) is 6.87. The number of carbonyl (C=O) groups excluding carboxylic acids is 1. The van der Waals surface area contributed by atoms with Crippen molar-refractivity contribution in [2.24, 2.45) is 5.41 Å². The Morgan fingerprint density at radius 1 is 1.22 bits per heavy atom. The first-order valence-corrected chi connectivity index (χ1v) is 6.96. The van der Waals surface area contributed by atoms with E-state index in [4.69, 9.17) is 4.74 Å². The molecule has 2 rings (SSSR count). The molecule has 0 aromatic carbocycles. The zero-order chi connectivity index (χ0) is 13.4. The van der Waals surface area contributed by atoms with Crippen LogP contribution in [0.1, 0.15) is 59.3 Å². The molecule has 0 heterocycles. The number of ether oxygens (including phenoxy) is 1. The minimum atomic E-state index is -0.541. The fourth-order valence-electron chi connectivity index (χ4n) is 3.01. The van der Waals surface area contributed by atoms with Crippen LogP contribution in [0.15, 0.2) is 0 Å². The average Bonchev–Trinajstić information content (AvgIpc) is 2.10. The Hall–Kier alpha value is -0.770. The number of alkyl carbamates (subject to hydrolysis) is 1. The van der Waals surface area contributed by atoms with Gasteiger partial charge in [-0.2, -0.15) is 0 Å². The van der Waals surface area contributed by atoms with Crippen LogP contribution >= 0.6 is 0 Å². The molecule has 1 amide bonds. The first kappa shape index (κ1) is 13.7. The molecule has 0 bridgehead atoms. The van der Waals surface area contributed by atoms with E-state index in [0.29, 0.717) is 6.54 Å². The lowest BCUT2D eigenvalue weighted by molar-refractivity contribution is -0.172. The predicted octanol–water partition coefficient (Wildman–Crippen LogP) is 2.60. The molecule has 2 N–H and O–H groups in total. The van der Waals surface area contributed by atoms with Gasteiger partial charge in [-0.3, -0.25) is 0 Å². The van der Waals surface area contributed by atoms with Gasteiger partial charge in [0.1, 0.15) is 5.60 Å². The van der Waals surface area contributed by atoms with Crippen LogP contribution in [0.3, 0.4) is 0 Å². The Kier molecular flexibility index (Phi) is 3.34. The van der Waals surface area contributed by atoms with Gasteiger partial charge in [-0.1, -0.05) is 6.42 Å². The van der Waals surface area contributed by atoms with Crippen LogP contribution in [0.2, 0.25) is 0 Å². The molecular weight excluding hydrogens is 230 g/mol. The number of nitrogens with one attached hydrogen (secondary N) is 1. The lowest BCUT2D eigenvalue weighted by atomic mass is 9.52. The van der Waals surface area contributed by atoms with Crippen molar-refractivity contribution >= 4 is 6.09 Å². The Bertz CT molecular complexity index is 324. The van der Waals surface area contributed by atoms with Crippen molar-refractivity contribution in [2.75, 3.05) is 6.54 Å². The van der Waals surface area contributed by atoms with Crippen molar-refractivity contribution < 1.29 is 14.6 Å². The maximum Gasteiger partial charge on any atom is 0.407 e. The van der Waals surface area contributed by atoms with Crippen LogP contribution in [-0.2, 0) is 4.74 Å². The third-order valence-electron chi connectivity index (χ3n) is 4.45. The summed E-state index contributed by atoms with van der Waals surface area (Å²) >= 11 is 0. The van der Waals surface area contributed by atoms with E-state index in [9.17, 15) is 9.90 Å². The molecule has 0 aromatic heterocycles. The maximum atomic E-state index is 11.7. The van der Waals surface area contributed by atoms with Crippen LogP contribution in [0.4, 0.5) is 4.79 Å². The summed E-state index contributed by atoms with van der Waals surface area (Å²) in [6, 6.07) is 0. The van der Waals surface area contributed by atoms with E-state index in [1.54, 1.807) is 0 Å². The summed E-state index contributed by atoms with van der Waals surface area (Å²) in [6.07, 6.45) is 5.66. The molecule has 0 saturated heterocycles. The molecule has 2 saturated carbocycles. The highest BCUT2D eigenvalue weighted by atomic mass is 16.6. The summed E-state index contributed by atoms with van der Waals surface area (Å²) in [4.78, 5) is 11.7. The molecule has 0 spiro atoms. The lowest BCUT2D eigenvalue weighted by Gasteiger charge is -2.57. The molecule has 18 heavy (non-hydrogen) atoms. The van der Waals surface area contributed by atoms with E-state index in [0.717, 1.165) is 38.5 Å². The first-order valence-electron chi connectivity index (χ1n) is 6.96. The fraction of sp³-hybridized carbons (Fsp3) is 0.929. The number of aliphatic hydroxyl groups is 1. The third-order valence-corrected chi connectivity index (χ3v) is 4.45. The van der Waals surface area contributed by atoms with Gasteiger partial charge in [0.2, 0.25) is 0 Å². The van der Waals surface area contributed by atoms with Crippen LogP contribution in [0.25, 0.3) is 0 Å². The van der Waals surface area contributed by atoms with Gasteiger partial charge in [0.25, 0.3) is 0 Å². The molecule has 2 fully saturated rings. The molecule has 0 aromatic rings. The average molecular weight is 255 g/mol. The predicted molar refractivity (Wildman–Crippen MR) is 69.3 cm³/mol.